The minimum atomic E-state index is 0.315. The van der Waals surface area contributed by atoms with Gasteiger partial charge >= 0.3 is 0 Å². The summed E-state index contributed by atoms with van der Waals surface area (Å²) in [4.78, 5) is 4.35. The minimum Gasteiger partial charge on any atom is -0.490 e. The van der Waals surface area contributed by atoms with E-state index in [2.05, 4.69) is 18.8 Å². The van der Waals surface area contributed by atoms with Crippen LogP contribution in [0.2, 0.25) is 0 Å². The first-order chi connectivity index (χ1) is 9.55. The standard InChI is InChI=1S/C17H22N2O/c1-17(2)9-6-12(7-10-17)20-15-8-11-19-16-13(15)4-3-5-14(16)18/h3-5,8,11-12H,6-7,9-10,18H2,1-2H3. The van der Waals surface area contributed by atoms with E-state index in [0.29, 0.717) is 17.2 Å². The Balaban J connectivity index is 1.83. The lowest BCUT2D eigenvalue weighted by atomic mass is 9.76. The second-order valence-corrected chi connectivity index (χ2v) is 6.53. The molecule has 0 unspecified atom stereocenters. The van der Waals surface area contributed by atoms with Crippen LogP contribution in [0.4, 0.5) is 5.69 Å². The number of benzene rings is 1. The molecule has 3 nitrogen and oxygen atoms in total. The minimum absolute atomic E-state index is 0.315. The SMILES string of the molecule is CC1(C)CCC(Oc2ccnc3c(N)cccc23)CC1. The van der Waals surface area contributed by atoms with E-state index in [9.17, 15) is 0 Å². The van der Waals surface area contributed by atoms with E-state index in [1.807, 2.05) is 24.3 Å². The van der Waals surface area contributed by atoms with E-state index in [4.69, 9.17) is 10.5 Å². The van der Waals surface area contributed by atoms with Crippen molar-refractivity contribution in [2.75, 3.05) is 5.73 Å². The fraction of sp³-hybridized carbons (Fsp3) is 0.471. The van der Waals surface area contributed by atoms with Gasteiger partial charge in [0, 0.05) is 11.6 Å². The molecule has 1 aliphatic rings. The fourth-order valence-corrected chi connectivity index (χ4v) is 2.95. The molecule has 0 bridgehead atoms. The molecule has 20 heavy (non-hydrogen) atoms. The van der Waals surface area contributed by atoms with Gasteiger partial charge in [0.05, 0.1) is 17.3 Å². The van der Waals surface area contributed by atoms with Crippen molar-refractivity contribution in [2.24, 2.45) is 5.41 Å². The van der Waals surface area contributed by atoms with Crippen molar-refractivity contribution in [1.29, 1.82) is 0 Å². The number of fused-ring (bicyclic) bond motifs is 1. The Morgan fingerprint density at radius 1 is 1.20 bits per heavy atom. The summed E-state index contributed by atoms with van der Waals surface area (Å²) in [7, 11) is 0. The molecule has 0 saturated heterocycles. The molecule has 0 spiro atoms. The summed E-state index contributed by atoms with van der Waals surface area (Å²) in [6, 6.07) is 7.81. The van der Waals surface area contributed by atoms with E-state index >= 15 is 0 Å². The van der Waals surface area contributed by atoms with Crippen molar-refractivity contribution >= 4 is 16.6 Å². The quantitative estimate of drug-likeness (QED) is 0.833. The van der Waals surface area contributed by atoms with Gasteiger partial charge in [-0.2, -0.15) is 0 Å². The molecule has 0 radical (unpaired) electrons. The number of ether oxygens (including phenoxy) is 1. The van der Waals surface area contributed by atoms with Crippen LogP contribution in [0.15, 0.2) is 30.5 Å². The predicted octanol–water partition coefficient (Wildman–Crippen LogP) is 4.16. The smallest absolute Gasteiger partial charge is 0.130 e. The summed E-state index contributed by atoms with van der Waals surface area (Å²) >= 11 is 0. The van der Waals surface area contributed by atoms with Gasteiger partial charge in [0.1, 0.15) is 5.75 Å². The number of hydrogen-bond donors (Lipinski definition) is 1. The number of nitrogen functional groups attached to an aromatic ring is 1. The summed E-state index contributed by atoms with van der Waals surface area (Å²) < 4.78 is 6.22. The molecular weight excluding hydrogens is 248 g/mol. The first-order valence-corrected chi connectivity index (χ1v) is 7.35. The van der Waals surface area contributed by atoms with Gasteiger partial charge in [-0.1, -0.05) is 19.9 Å². The molecule has 0 amide bonds. The molecule has 1 fully saturated rings. The van der Waals surface area contributed by atoms with Gasteiger partial charge in [0.2, 0.25) is 0 Å². The summed E-state index contributed by atoms with van der Waals surface area (Å²) in [6.07, 6.45) is 6.79. The van der Waals surface area contributed by atoms with Gasteiger partial charge in [-0.25, -0.2) is 0 Å². The normalized spacial score (nSPS) is 19.1. The lowest BCUT2D eigenvalue weighted by Gasteiger charge is -2.34. The maximum absolute atomic E-state index is 6.22. The van der Waals surface area contributed by atoms with E-state index in [1.165, 1.54) is 12.8 Å². The molecule has 0 atom stereocenters. The van der Waals surface area contributed by atoms with E-state index in [1.54, 1.807) is 6.20 Å². The average Bonchev–Trinajstić information content (AvgIpc) is 2.42. The third-order valence-corrected chi connectivity index (χ3v) is 4.34. The number of hydrogen-bond acceptors (Lipinski definition) is 3. The Kier molecular flexibility index (Phi) is 3.28. The van der Waals surface area contributed by atoms with E-state index in [0.717, 1.165) is 29.5 Å². The number of nitrogens with zero attached hydrogens (tertiary/aromatic N) is 1. The number of pyridine rings is 1. The zero-order valence-corrected chi connectivity index (χ0v) is 12.2. The number of anilines is 1. The van der Waals surface area contributed by atoms with Crippen LogP contribution >= 0.6 is 0 Å². The largest absolute Gasteiger partial charge is 0.490 e. The molecule has 3 rings (SSSR count). The summed E-state index contributed by atoms with van der Waals surface area (Å²) in [6.45, 7) is 4.68. The van der Waals surface area contributed by atoms with Crippen LogP contribution in [0.25, 0.3) is 10.9 Å². The van der Waals surface area contributed by atoms with Crippen LogP contribution in [-0.2, 0) is 0 Å². The Labute approximate surface area is 120 Å². The van der Waals surface area contributed by atoms with Crippen LogP contribution in [0.1, 0.15) is 39.5 Å². The molecule has 1 saturated carbocycles. The molecule has 1 heterocycles. The number of rotatable bonds is 2. The molecule has 0 aliphatic heterocycles. The van der Waals surface area contributed by atoms with Gasteiger partial charge in [-0.3, -0.25) is 4.98 Å². The summed E-state index contributed by atoms with van der Waals surface area (Å²) in [5.41, 5.74) is 7.98. The Bertz CT molecular complexity index is 611. The molecular formula is C17H22N2O. The van der Waals surface area contributed by atoms with E-state index < -0.39 is 0 Å². The van der Waals surface area contributed by atoms with Crippen molar-refractivity contribution in [3.05, 3.63) is 30.5 Å². The lowest BCUT2D eigenvalue weighted by Crippen LogP contribution is -2.28. The highest BCUT2D eigenvalue weighted by Gasteiger charge is 2.28. The van der Waals surface area contributed by atoms with Gasteiger partial charge in [0.25, 0.3) is 0 Å². The predicted molar refractivity (Wildman–Crippen MR) is 82.8 cm³/mol. The topological polar surface area (TPSA) is 48.1 Å². The zero-order valence-electron chi connectivity index (χ0n) is 12.2. The van der Waals surface area contributed by atoms with Gasteiger partial charge in [0.15, 0.2) is 0 Å². The maximum atomic E-state index is 6.22. The van der Waals surface area contributed by atoms with Crippen LogP contribution < -0.4 is 10.5 Å². The summed E-state index contributed by atoms with van der Waals surface area (Å²) in [5.74, 6) is 0.909. The highest BCUT2D eigenvalue weighted by molar-refractivity contribution is 5.93. The highest BCUT2D eigenvalue weighted by atomic mass is 16.5. The third kappa shape index (κ3) is 2.58. The van der Waals surface area contributed by atoms with Crippen LogP contribution in [-0.4, -0.2) is 11.1 Å². The van der Waals surface area contributed by atoms with Crippen molar-refractivity contribution < 1.29 is 4.74 Å². The summed E-state index contributed by atoms with van der Waals surface area (Å²) in [5, 5.41) is 1.01. The Hall–Kier alpha value is -1.77. The first kappa shape index (κ1) is 13.2. The Morgan fingerprint density at radius 3 is 2.70 bits per heavy atom. The second-order valence-electron chi connectivity index (χ2n) is 6.53. The van der Waals surface area contributed by atoms with Crippen LogP contribution in [0, 0.1) is 5.41 Å². The lowest BCUT2D eigenvalue weighted by molar-refractivity contribution is 0.1000. The van der Waals surface area contributed by atoms with Crippen LogP contribution in [0.5, 0.6) is 5.75 Å². The van der Waals surface area contributed by atoms with Crippen molar-refractivity contribution in [1.82, 2.24) is 4.98 Å². The van der Waals surface area contributed by atoms with Gasteiger partial charge in [-0.15, -0.1) is 0 Å². The first-order valence-electron chi connectivity index (χ1n) is 7.35. The fourth-order valence-electron chi connectivity index (χ4n) is 2.95. The van der Waals surface area contributed by atoms with Crippen molar-refractivity contribution in [2.45, 2.75) is 45.6 Å². The van der Waals surface area contributed by atoms with E-state index in [-0.39, 0.29) is 0 Å². The van der Waals surface area contributed by atoms with Crippen LogP contribution in [0.3, 0.4) is 0 Å². The molecule has 2 aromatic rings. The average molecular weight is 270 g/mol. The number of nitrogens with two attached hydrogens (primary N) is 1. The maximum Gasteiger partial charge on any atom is 0.130 e. The Morgan fingerprint density at radius 2 is 1.95 bits per heavy atom. The molecule has 1 aromatic carbocycles. The zero-order chi connectivity index (χ0) is 14.2. The number of para-hydroxylation sites is 1. The van der Waals surface area contributed by atoms with Gasteiger partial charge < -0.3 is 10.5 Å². The van der Waals surface area contributed by atoms with Crippen molar-refractivity contribution in [3.63, 3.8) is 0 Å². The molecule has 106 valence electrons. The monoisotopic (exact) mass is 270 g/mol. The van der Waals surface area contributed by atoms with Crippen molar-refractivity contribution in [3.8, 4) is 5.75 Å². The molecule has 1 aromatic heterocycles. The molecule has 1 aliphatic carbocycles. The molecule has 3 heteroatoms. The van der Waals surface area contributed by atoms with Gasteiger partial charge in [-0.05, 0) is 49.3 Å². The highest BCUT2D eigenvalue weighted by Crippen LogP contribution is 2.37. The number of aromatic nitrogens is 1. The molecule has 2 N–H and O–H groups in total. The second kappa shape index (κ2) is 4.97. The third-order valence-electron chi connectivity index (χ3n) is 4.34.